The van der Waals surface area contributed by atoms with Crippen LogP contribution in [0.4, 0.5) is 0 Å². The molecule has 0 aliphatic carbocycles. The zero-order chi connectivity index (χ0) is 21.1. The van der Waals surface area contributed by atoms with Crippen LogP contribution in [0.3, 0.4) is 0 Å². The second-order valence-electron chi connectivity index (χ2n) is 7.04. The van der Waals surface area contributed by atoms with Gasteiger partial charge in [0.15, 0.2) is 5.78 Å². The summed E-state index contributed by atoms with van der Waals surface area (Å²) in [4.78, 5) is 13.0. The van der Waals surface area contributed by atoms with E-state index < -0.39 is 0 Å². The number of nitriles is 1. The van der Waals surface area contributed by atoms with Crippen molar-refractivity contribution in [2.45, 2.75) is 32.0 Å². The molecule has 0 unspecified atom stereocenters. The number of fused-ring (bicyclic) bond motifs is 1. The van der Waals surface area contributed by atoms with Gasteiger partial charge in [-0.1, -0.05) is 42.1 Å². The Morgan fingerprint density at radius 2 is 2.03 bits per heavy atom. The van der Waals surface area contributed by atoms with Crippen molar-refractivity contribution in [1.82, 2.24) is 24.8 Å². The minimum atomic E-state index is 0.00224. The number of para-hydroxylation sites is 1. The highest BCUT2D eigenvalue weighted by Crippen LogP contribution is 2.26. The van der Waals surface area contributed by atoms with Crippen LogP contribution in [0.5, 0.6) is 0 Å². The summed E-state index contributed by atoms with van der Waals surface area (Å²) in [6.45, 7) is 4.58. The summed E-state index contributed by atoms with van der Waals surface area (Å²) in [5.41, 5.74) is 4.69. The number of thioether (sulfide) groups is 1. The summed E-state index contributed by atoms with van der Waals surface area (Å²) in [5, 5.41) is 22.4. The van der Waals surface area contributed by atoms with Gasteiger partial charge in [-0.15, -0.1) is 5.10 Å². The number of ketones is 1. The molecule has 0 atom stereocenters. The van der Waals surface area contributed by atoms with Crippen LogP contribution in [-0.4, -0.2) is 36.3 Å². The maximum atomic E-state index is 13.0. The standard InChI is InChI=1S/C22H20N6OS/c1-15-8-9-16(2)20(12-15)28-22(24-25-26-28)30-14-21(29)18-13-27(11-5-10-23)19-7-4-3-6-17(18)19/h3-4,6-9,12-13H,5,11,14H2,1-2H3. The fourth-order valence-electron chi connectivity index (χ4n) is 3.40. The normalized spacial score (nSPS) is 11.0. The Labute approximate surface area is 178 Å². The summed E-state index contributed by atoms with van der Waals surface area (Å²) >= 11 is 1.32. The maximum absolute atomic E-state index is 13.0. The van der Waals surface area contributed by atoms with E-state index in [0.717, 1.165) is 27.7 Å². The van der Waals surface area contributed by atoms with Crippen LogP contribution in [-0.2, 0) is 6.54 Å². The van der Waals surface area contributed by atoms with Crippen molar-refractivity contribution in [2.75, 3.05) is 5.75 Å². The van der Waals surface area contributed by atoms with E-state index in [2.05, 4.69) is 21.6 Å². The third kappa shape index (κ3) is 3.84. The monoisotopic (exact) mass is 416 g/mol. The minimum absolute atomic E-state index is 0.00224. The molecule has 0 saturated heterocycles. The number of carbonyl (C=O) groups is 1. The second kappa shape index (κ2) is 8.51. The van der Waals surface area contributed by atoms with Crippen molar-refractivity contribution >= 4 is 28.4 Å². The molecule has 4 aromatic rings. The van der Waals surface area contributed by atoms with Gasteiger partial charge in [-0.3, -0.25) is 4.79 Å². The van der Waals surface area contributed by atoms with Crippen LogP contribution in [0.15, 0.2) is 53.8 Å². The van der Waals surface area contributed by atoms with Crippen molar-refractivity contribution < 1.29 is 4.79 Å². The topological polar surface area (TPSA) is 89.4 Å². The van der Waals surface area contributed by atoms with E-state index in [9.17, 15) is 4.79 Å². The van der Waals surface area contributed by atoms with Gasteiger partial charge in [0, 0.05) is 29.2 Å². The molecule has 2 aromatic heterocycles. The average Bonchev–Trinajstić information content (AvgIpc) is 3.37. The Morgan fingerprint density at radius 3 is 2.87 bits per heavy atom. The van der Waals surface area contributed by atoms with Crippen molar-refractivity contribution in [3.63, 3.8) is 0 Å². The molecule has 2 heterocycles. The number of tetrazole rings is 1. The van der Waals surface area contributed by atoms with E-state index in [1.807, 2.05) is 67.1 Å². The summed E-state index contributed by atoms with van der Waals surface area (Å²) in [5.74, 6) is 0.222. The highest BCUT2D eigenvalue weighted by atomic mass is 32.2. The van der Waals surface area contributed by atoms with Gasteiger partial charge in [0.1, 0.15) is 0 Å². The van der Waals surface area contributed by atoms with Crippen LogP contribution in [0.2, 0.25) is 0 Å². The van der Waals surface area contributed by atoms with Crippen LogP contribution in [0.1, 0.15) is 27.9 Å². The number of carbonyl (C=O) groups excluding carboxylic acids is 1. The predicted octanol–water partition coefficient (Wildman–Crippen LogP) is 4.12. The van der Waals surface area contributed by atoms with Gasteiger partial charge in [0.05, 0.1) is 23.9 Å². The van der Waals surface area contributed by atoms with E-state index in [1.54, 1.807) is 4.68 Å². The van der Waals surface area contributed by atoms with Crippen molar-refractivity contribution in [3.05, 3.63) is 65.4 Å². The molecule has 0 spiro atoms. The van der Waals surface area contributed by atoms with Gasteiger partial charge in [-0.05, 0) is 47.5 Å². The number of aromatic nitrogens is 5. The molecular formula is C22H20N6OS. The lowest BCUT2D eigenvalue weighted by Gasteiger charge is -2.08. The fourth-order valence-corrected chi connectivity index (χ4v) is 4.17. The second-order valence-corrected chi connectivity index (χ2v) is 7.98. The van der Waals surface area contributed by atoms with E-state index in [-0.39, 0.29) is 11.5 Å². The summed E-state index contributed by atoms with van der Waals surface area (Å²) in [6.07, 6.45) is 2.24. The van der Waals surface area contributed by atoms with Gasteiger partial charge in [-0.2, -0.15) is 9.94 Å². The van der Waals surface area contributed by atoms with Crippen LogP contribution in [0, 0.1) is 25.2 Å². The Bertz CT molecular complexity index is 1270. The lowest BCUT2D eigenvalue weighted by Crippen LogP contribution is -2.06. The largest absolute Gasteiger partial charge is 0.346 e. The molecule has 0 aliphatic heterocycles. The zero-order valence-electron chi connectivity index (χ0n) is 16.7. The van der Waals surface area contributed by atoms with Crippen molar-refractivity contribution in [1.29, 1.82) is 5.26 Å². The Hall–Kier alpha value is -3.44. The van der Waals surface area contributed by atoms with Crippen LogP contribution < -0.4 is 0 Å². The number of Topliss-reactive ketones (excluding diaryl/α,β-unsaturated/α-hetero) is 1. The van der Waals surface area contributed by atoms with Crippen molar-refractivity contribution in [2.24, 2.45) is 0 Å². The molecule has 0 bridgehead atoms. The fraction of sp³-hybridized carbons (Fsp3) is 0.227. The molecule has 0 fully saturated rings. The zero-order valence-corrected chi connectivity index (χ0v) is 17.6. The van der Waals surface area contributed by atoms with E-state index in [4.69, 9.17) is 5.26 Å². The molecule has 0 amide bonds. The maximum Gasteiger partial charge on any atom is 0.214 e. The van der Waals surface area contributed by atoms with Crippen LogP contribution in [0.25, 0.3) is 16.6 Å². The number of aryl methyl sites for hydroxylation is 3. The Kier molecular flexibility index (Phi) is 5.63. The summed E-state index contributed by atoms with van der Waals surface area (Å²) < 4.78 is 3.65. The van der Waals surface area contributed by atoms with Gasteiger partial charge in [0.25, 0.3) is 0 Å². The Balaban J connectivity index is 1.58. The highest BCUT2D eigenvalue weighted by molar-refractivity contribution is 7.99. The van der Waals surface area contributed by atoms with Crippen molar-refractivity contribution in [3.8, 4) is 11.8 Å². The van der Waals surface area contributed by atoms with Gasteiger partial charge < -0.3 is 4.57 Å². The Morgan fingerprint density at radius 1 is 1.20 bits per heavy atom. The first kappa shape index (κ1) is 19.9. The van der Waals surface area contributed by atoms with Crippen LogP contribution >= 0.6 is 11.8 Å². The number of hydrogen-bond acceptors (Lipinski definition) is 6. The van der Waals surface area contributed by atoms with E-state index >= 15 is 0 Å². The lowest BCUT2D eigenvalue weighted by atomic mass is 10.1. The molecule has 0 saturated carbocycles. The smallest absolute Gasteiger partial charge is 0.214 e. The molecule has 4 rings (SSSR count). The number of benzene rings is 2. The molecular weight excluding hydrogens is 396 g/mol. The molecule has 150 valence electrons. The predicted molar refractivity (Wildman–Crippen MR) is 116 cm³/mol. The van der Waals surface area contributed by atoms with Gasteiger partial charge in [-0.25, -0.2) is 0 Å². The van der Waals surface area contributed by atoms with Gasteiger partial charge in [0.2, 0.25) is 5.16 Å². The molecule has 2 aromatic carbocycles. The molecule has 0 N–H and O–H groups in total. The SMILES string of the molecule is Cc1ccc(C)c(-n2nnnc2SCC(=O)c2cn(CCC#N)c3ccccc23)c1. The molecule has 8 heteroatoms. The first-order valence-electron chi connectivity index (χ1n) is 9.55. The lowest BCUT2D eigenvalue weighted by molar-refractivity contribution is 0.102. The molecule has 30 heavy (non-hydrogen) atoms. The van der Waals surface area contributed by atoms with Gasteiger partial charge >= 0.3 is 0 Å². The van der Waals surface area contributed by atoms with E-state index in [1.165, 1.54) is 11.8 Å². The third-order valence-electron chi connectivity index (χ3n) is 4.92. The minimum Gasteiger partial charge on any atom is -0.346 e. The highest BCUT2D eigenvalue weighted by Gasteiger charge is 2.18. The molecule has 0 aliphatic rings. The first-order chi connectivity index (χ1) is 14.6. The average molecular weight is 417 g/mol. The first-order valence-corrected chi connectivity index (χ1v) is 10.5. The number of nitrogens with zero attached hydrogens (tertiary/aromatic N) is 6. The summed E-state index contributed by atoms with van der Waals surface area (Å²) in [7, 11) is 0. The quantitative estimate of drug-likeness (QED) is 0.332. The summed E-state index contributed by atoms with van der Waals surface area (Å²) in [6, 6.07) is 16.0. The molecule has 7 nitrogen and oxygen atoms in total. The van der Waals surface area contributed by atoms with E-state index in [0.29, 0.717) is 23.7 Å². The third-order valence-corrected chi connectivity index (χ3v) is 5.84. The number of rotatable bonds is 7. The molecule has 0 radical (unpaired) electrons. The number of hydrogen-bond donors (Lipinski definition) is 0.